The van der Waals surface area contributed by atoms with Crippen LogP contribution in [0.5, 0.6) is 0 Å². The number of anilines is 1. The number of esters is 1. The molecule has 7 heteroatoms. The summed E-state index contributed by atoms with van der Waals surface area (Å²) in [5.41, 5.74) is 2.17. The van der Waals surface area contributed by atoms with E-state index in [9.17, 15) is 14.4 Å². The third-order valence-corrected chi connectivity index (χ3v) is 5.58. The third-order valence-electron chi connectivity index (χ3n) is 5.58. The number of amides is 2. The van der Waals surface area contributed by atoms with Gasteiger partial charge in [-0.15, -0.1) is 0 Å². The van der Waals surface area contributed by atoms with Crippen LogP contribution in [0.3, 0.4) is 0 Å². The van der Waals surface area contributed by atoms with Gasteiger partial charge in [-0.25, -0.2) is 0 Å². The molecule has 1 fully saturated rings. The second kappa shape index (κ2) is 11.4. The van der Waals surface area contributed by atoms with Crippen molar-refractivity contribution in [3.05, 3.63) is 65.7 Å². The topological polar surface area (TPSA) is 79.0 Å². The van der Waals surface area contributed by atoms with Gasteiger partial charge in [-0.2, -0.15) is 0 Å². The molecule has 0 aromatic heterocycles. The minimum atomic E-state index is -0.143. The molecule has 32 heavy (non-hydrogen) atoms. The van der Waals surface area contributed by atoms with Crippen LogP contribution in [0.2, 0.25) is 0 Å². The largest absolute Gasteiger partial charge is 0.466 e. The zero-order valence-corrected chi connectivity index (χ0v) is 18.8. The number of benzene rings is 2. The van der Waals surface area contributed by atoms with Crippen molar-refractivity contribution in [2.24, 2.45) is 5.92 Å². The summed E-state index contributed by atoms with van der Waals surface area (Å²) in [6.45, 7) is 4.32. The summed E-state index contributed by atoms with van der Waals surface area (Å²) in [5.74, 6) is -0.465. The summed E-state index contributed by atoms with van der Waals surface area (Å²) >= 11 is 0. The molecule has 1 aliphatic heterocycles. The van der Waals surface area contributed by atoms with Gasteiger partial charge in [0.15, 0.2) is 0 Å². The first-order valence-electron chi connectivity index (χ1n) is 11.0. The molecule has 0 atom stereocenters. The molecule has 1 N–H and O–H groups in total. The van der Waals surface area contributed by atoms with Gasteiger partial charge in [0.05, 0.1) is 19.1 Å². The fourth-order valence-electron chi connectivity index (χ4n) is 3.87. The van der Waals surface area contributed by atoms with Crippen molar-refractivity contribution < 1.29 is 19.1 Å². The van der Waals surface area contributed by atoms with Crippen molar-refractivity contribution in [3.63, 3.8) is 0 Å². The first-order chi connectivity index (χ1) is 15.5. The Balaban J connectivity index is 1.50. The van der Waals surface area contributed by atoms with Gasteiger partial charge in [0, 0.05) is 24.8 Å². The van der Waals surface area contributed by atoms with Crippen molar-refractivity contribution in [1.82, 2.24) is 9.80 Å². The number of hydrogen-bond donors (Lipinski definition) is 1. The van der Waals surface area contributed by atoms with Crippen LogP contribution in [0.15, 0.2) is 54.6 Å². The smallest absolute Gasteiger partial charge is 0.309 e. The van der Waals surface area contributed by atoms with E-state index in [2.05, 4.69) is 5.32 Å². The summed E-state index contributed by atoms with van der Waals surface area (Å²) in [4.78, 5) is 40.9. The first-order valence-corrected chi connectivity index (χ1v) is 11.0. The normalized spacial score (nSPS) is 14.6. The molecule has 2 amide bonds. The van der Waals surface area contributed by atoms with E-state index in [0.29, 0.717) is 50.3 Å². The lowest BCUT2D eigenvalue weighted by Gasteiger charge is -2.30. The average molecular weight is 438 g/mol. The van der Waals surface area contributed by atoms with E-state index in [4.69, 9.17) is 4.74 Å². The zero-order chi connectivity index (χ0) is 22.9. The van der Waals surface area contributed by atoms with Crippen LogP contribution in [-0.2, 0) is 20.9 Å². The molecule has 1 heterocycles. The van der Waals surface area contributed by atoms with Gasteiger partial charge in [-0.1, -0.05) is 36.4 Å². The van der Waals surface area contributed by atoms with E-state index in [-0.39, 0.29) is 30.2 Å². The predicted octanol–water partition coefficient (Wildman–Crippen LogP) is 3.17. The summed E-state index contributed by atoms with van der Waals surface area (Å²) in [7, 11) is 1.76. The average Bonchev–Trinajstić information content (AvgIpc) is 2.80. The Bertz CT molecular complexity index is 924. The lowest BCUT2D eigenvalue weighted by molar-refractivity contribution is -0.149. The molecule has 170 valence electrons. The molecule has 2 aromatic rings. The molecule has 7 nitrogen and oxygen atoms in total. The maximum Gasteiger partial charge on any atom is 0.309 e. The molecule has 1 aliphatic rings. The lowest BCUT2D eigenvalue weighted by Crippen LogP contribution is -2.41. The van der Waals surface area contributed by atoms with Crippen LogP contribution in [0.1, 0.15) is 35.7 Å². The molecule has 0 unspecified atom stereocenters. The highest BCUT2D eigenvalue weighted by atomic mass is 16.5. The molecule has 0 spiro atoms. The molecule has 0 bridgehead atoms. The van der Waals surface area contributed by atoms with E-state index in [0.717, 1.165) is 5.56 Å². The number of nitrogens with zero attached hydrogens (tertiary/aromatic N) is 2. The Kier molecular flexibility index (Phi) is 8.39. The van der Waals surface area contributed by atoms with E-state index in [1.165, 1.54) is 0 Å². The highest BCUT2D eigenvalue weighted by Crippen LogP contribution is 2.19. The van der Waals surface area contributed by atoms with Gasteiger partial charge in [0.25, 0.3) is 5.91 Å². The van der Waals surface area contributed by atoms with E-state index in [1.807, 2.05) is 35.2 Å². The molecular weight excluding hydrogens is 406 g/mol. The minimum Gasteiger partial charge on any atom is -0.466 e. The van der Waals surface area contributed by atoms with E-state index >= 15 is 0 Å². The predicted molar refractivity (Wildman–Crippen MR) is 123 cm³/mol. The van der Waals surface area contributed by atoms with Crippen molar-refractivity contribution in [2.75, 3.05) is 38.6 Å². The van der Waals surface area contributed by atoms with Crippen molar-refractivity contribution in [3.8, 4) is 0 Å². The molecule has 2 aromatic carbocycles. The zero-order valence-electron chi connectivity index (χ0n) is 18.8. The Morgan fingerprint density at radius 1 is 1.06 bits per heavy atom. The Hall–Kier alpha value is -3.19. The van der Waals surface area contributed by atoms with Gasteiger partial charge in [-0.05, 0) is 56.6 Å². The summed E-state index contributed by atoms with van der Waals surface area (Å²) in [6.07, 6.45) is 1.40. The second-order valence-electron chi connectivity index (χ2n) is 8.08. The molecule has 0 saturated carbocycles. The second-order valence-corrected chi connectivity index (χ2v) is 8.08. The number of nitrogens with one attached hydrogen (secondary N) is 1. The minimum absolute atomic E-state index is 0.0789. The number of rotatable bonds is 8. The number of likely N-dealkylation sites (tertiary alicyclic amines) is 1. The van der Waals surface area contributed by atoms with E-state index < -0.39 is 0 Å². The SMILES string of the molecule is CCOC(=O)C1CCN(CC(=O)Nc2cccc(C(=O)N(C)Cc3ccccc3)c2)CC1. The Labute approximate surface area is 189 Å². The van der Waals surface area contributed by atoms with E-state index in [1.54, 1.807) is 43.1 Å². The maximum absolute atomic E-state index is 12.8. The van der Waals surface area contributed by atoms with Crippen LogP contribution in [0, 0.1) is 5.92 Å². The standard InChI is InChI=1S/C25H31N3O4/c1-3-32-25(31)20-12-14-28(15-13-20)18-23(29)26-22-11-7-10-21(16-22)24(30)27(2)17-19-8-5-4-6-9-19/h4-11,16,20H,3,12-15,17-18H2,1-2H3,(H,26,29). The molecule has 3 rings (SSSR count). The fourth-order valence-corrected chi connectivity index (χ4v) is 3.87. The van der Waals surface area contributed by atoms with Gasteiger partial charge >= 0.3 is 5.97 Å². The van der Waals surface area contributed by atoms with Crippen LogP contribution in [0.25, 0.3) is 0 Å². The quantitative estimate of drug-likeness (QED) is 0.642. The van der Waals surface area contributed by atoms with Gasteiger partial charge < -0.3 is 15.0 Å². The number of carbonyl (C=O) groups excluding carboxylic acids is 3. The number of carbonyl (C=O) groups is 3. The third kappa shape index (κ3) is 6.65. The Morgan fingerprint density at radius 3 is 2.47 bits per heavy atom. The fraction of sp³-hybridized carbons (Fsp3) is 0.400. The molecule has 0 aliphatic carbocycles. The molecular formula is C25H31N3O4. The van der Waals surface area contributed by atoms with Crippen molar-refractivity contribution in [1.29, 1.82) is 0 Å². The number of ether oxygens (including phenoxy) is 1. The van der Waals surface area contributed by atoms with Crippen molar-refractivity contribution in [2.45, 2.75) is 26.3 Å². The van der Waals surface area contributed by atoms with Gasteiger partial charge in [0.2, 0.25) is 5.91 Å². The van der Waals surface area contributed by atoms with Gasteiger partial charge in [0.1, 0.15) is 0 Å². The monoisotopic (exact) mass is 437 g/mol. The van der Waals surface area contributed by atoms with Crippen LogP contribution in [-0.4, -0.2) is 60.9 Å². The number of hydrogen-bond acceptors (Lipinski definition) is 5. The maximum atomic E-state index is 12.8. The first kappa shape index (κ1) is 23.5. The van der Waals surface area contributed by atoms with Crippen LogP contribution < -0.4 is 5.32 Å². The number of piperidine rings is 1. The van der Waals surface area contributed by atoms with Crippen LogP contribution >= 0.6 is 0 Å². The van der Waals surface area contributed by atoms with Crippen LogP contribution in [0.4, 0.5) is 5.69 Å². The molecule has 0 radical (unpaired) electrons. The summed E-state index contributed by atoms with van der Waals surface area (Å²) in [5, 5.41) is 2.88. The van der Waals surface area contributed by atoms with Crippen molar-refractivity contribution >= 4 is 23.5 Å². The summed E-state index contributed by atoms with van der Waals surface area (Å²) < 4.78 is 5.09. The highest BCUT2D eigenvalue weighted by molar-refractivity contribution is 5.97. The van der Waals surface area contributed by atoms with Gasteiger partial charge in [-0.3, -0.25) is 19.3 Å². The molecule has 1 saturated heterocycles. The summed E-state index contributed by atoms with van der Waals surface area (Å²) in [6, 6.07) is 16.8. The Morgan fingerprint density at radius 2 is 1.78 bits per heavy atom. The lowest BCUT2D eigenvalue weighted by atomic mass is 9.97. The highest BCUT2D eigenvalue weighted by Gasteiger charge is 2.26.